The van der Waals surface area contributed by atoms with Crippen molar-refractivity contribution < 1.29 is 0 Å². The predicted octanol–water partition coefficient (Wildman–Crippen LogP) is 3.49. The predicted molar refractivity (Wildman–Crippen MR) is 71.1 cm³/mol. The molecule has 2 nitrogen and oxygen atoms in total. The normalized spacial score (nSPS) is 26.5. The SMILES string of the molecule is CC(C)C1CCC2(CC2)CN1c1ccccn1. The Hall–Kier alpha value is -1.05. The lowest BCUT2D eigenvalue weighted by molar-refractivity contribution is 0.292. The summed E-state index contributed by atoms with van der Waals surface area (Å²) in [6.45, 7) is 5.91. The van der Waals surface area contributed by atoms with Gasteiger partial charge in [-0.25, -0.2) is 4.98 Å². The lowest BCUT2D eigenvalue weighted by Crippen LogP contribution is -2.47. The van der Waals surface area contributed by atoms with Gasteiger partial charge in [0.2, 0.25) is 0 Å². The summed E-state index contributed by atoms with van der Waals surface area (Å²) < 4.78 is 0. The van der Waals surface area contributed by atoms with E-state index in [0.29, 0.717) is 17.4 Å². The van der Waals surface area contributed by atoms with E-state index in [1.165, 1.54) is 38.0 Å². The fourth-order valence-corrected chi connectivity index (χ4v) is 3.22. The molecular formula is C15H22N2. The number of rotatable bonds is 2. The van der Waals surface area contributed by atoms with E-state index in [1.54, 1.807) is 0 Å². The molecule has 0 N–H and O–H groups in total. The molecule has 0 amide bonds. The minimum absolute atomic E-state index is 0.656. The first-order valence-electron chi connectivity index (χ1n) is 6.88. The fraction of sp³-hybridized carbons (Fsp3) is 0.667. The Kier molecular flexibility index (Phi) is 2.61. The summed E-state index contributed by atoms with van der Waals surface area (Å²) in [5.74, 6) is 1.89. The molecule has 2 fully saturated rings. The third-order valence-electron chi connectivity index (χ3n) is 4.55. The van der Waals surface area contributed by atoms with E-state index in [-0.39, 0.29) is 0 Å². The molecule has 2 heterocycles. The highest BCUT2D eigenvalue weighted by atomic mass is 15.2. The zero-order valence-electron chi connectivity index (χ0n) is 10.9. The van der Waals surface area contributed by atoms with Crippen molar-refractivity contribution in [1.82, 2.24) is 4.98 Å². The average Bonchev–Trinajstić information content (AvgIpc) is 3.09. The van der Waals surface area contributed by atoms with Crippen molar-refractivity contribution >= 4 is 5.82 Å². The van der Waals surface area contributed by atoms with Gasteiger partial charge in [0.05, 0.1) is 0 Å². The van der Waals surface area contributed by atoms with Crippen LogP contribution in [0.5, 0.6) is 0 Å². The third kappa shape index (κ3) is 2.05. The van der Waals surface area contributed by atoms with Crippen LogP contribution >= 0.6 is 0 Å². The van der Waals surface area contributed by atoms with Crippen molar-refractivity contribution in [2.24, 2.45) is 11.3 Å². The summed E-state index contributed by atoms with van der Waals surface area (Å²) >= 11 is 0. The summed E-state index contributed by atoms with van der Waals surface area (Å²) in [4.78, 5) is 7.12. The van der Waals surface area contributed by atoms with Crippen LogP contribution in [0.15, 0.2) is 24.4 Å². The molecule has 0 radical (unpaired) electrons. The maximum Gasteiger partial charge on any atom is 0.128 e. The molecule has 0 bridgehead atoms. The number of aromatic nitrogens is 1. The summed E-state index contributed by atoms with van der Waals surface area (Å²) in [5.41, 5.74) is 0.656. The Balaban J connectivity index is 1.86. The maximum absolute atomic E-state index is 4.55. The quantitative estimate of drug-likeness (QED) is 0.773. The molecule has 1 aromatic heterocycles. The second-order valence-electron chi connectivity index (χ2n) is 6.17. The lowest BCUT2D eigenvalue weighted by atomic mass is 9.85. The average molecular weight is 230 g/mol. The highest BCUT2D eigenvalue weighted by molar-refractivity contribution is 5.41. The standard InChI is InChI=1S/C15H22N2/c1-12(2)13-6-7-15(8-9-15)11-17(13)14-5-3-4-10-16-14/h3-5,10,12-13H,6-9,11H2,1-2H3. The summed E-state index contributed by atoms with van der Waals surface area (Å²) in [7, 11) is 0. The second kappa shape index (κ2) is 4.01. The van der Waals surface area contributed by atoms with E-state index in [0.717, 1.165) is 0 Å². The van der Waals surface area contributed by atoms with Crippen LogP contribution in [0, 0.1) is 11.3 Å². The molecule has 1 saturated carbocycles. The third-order valence-corrected chi connectivity index (χ3v) is 4.55. The van der Waals surface area contributed by atoms with Gasteiger partial charge in [0.1, 0.15) is 5.82 Å². The van der Waals surface area contributed by atoms with Crippen LogP contribution in [0.25, 0.3) is 0 Å². The van der Waals surface area contributed by atoms with Crippen LogP contribution in [0.2, 0.25) is 0 Å². The Morgan fingerprint density at radius 3 is 2.71 bits per heavy atom. The summed E-state index contributed by atoms with van der Waals surface area (Å²) in [6.07, 6.45) is 7.55. The van der Waals surface area contributed by atoms with Crippen LogP contribution in [-0.2, 0) is 0 Å². The molecule has 1 aliphatic heterocycles. The summed E-state index contributed by atoms with van der Waals surface area (Å²) in [5, 5.41) is 0. The van der Waals surface area contributed by atoms with Gasteiger partial charge in [-0.1, -0.05) is 19.9 Å². The highest BCUT2D eigenvalue weighted by Gasteiger charge is 2.48. The van der Waals surface area contributed by atoms with Crippen LogP contribution in [0.4, 0.5) is 5.82 Å². The van der Waals surface area contributed by atoms with Gasteiger partial charge in [0.25, 0.3) is 0 Å². The zero-order valence-corrected chi connectivity index (χ0v) is 10.9. The Labute approximate surface area is 104 Å². The van der Waals surface area contributed by atoms with Gasteiger partial charge in [-0.2, -0.15) is 0 Å². The van der Waals surface area contributed by atoms with Crippen molar-refractivity contribution in [2.75, 3.05) is 11.4 Å². The van der Waals surface area contributed by atoms with Crippen molar-refractivity contribution in [1.29, 1.82) is 0 Å². The molecule has 2 heteroatoms. The number of hydrogen-bond donors (Lipinski definition) is 0. The Morgan fingerprint density at radius 1 is 1.29 bits per heavy atom. The van der Waals surface area contributed by atoms with Crippen molar-refractivity contribution in [3.8, 4) is 0 Å². The van der Waals surface area contributed by atoms with E-state index in [2.05, 4.69) is 35.9 Å². The Bertz CT molecular complexity index is 381. The van der Waals surface area contributed by atoms with Crippen LogP contribution in [-0.4, -0.2) is 17.6 Å². The molecule has 1 spiro atoms. The molecular weight excluding hydrogens is 208 g/mol. The summed E-state index contributed by atoms with van der Waals surface area (Å²) in [6, 6.07) is 6.95. The molecule has 2 aliphatic rings. The molecule has 1 atom stereocenters. The minimum Gasteiger partial charge on any atom is -0.353 e. The number of nitrogens with zero attached hydrogens (tertiary/aromatic N) is 2. The molecule has 92 valence electrons. The van der Waals surface area contributed by atoms with E-state index in [4.69, 9.17) is 0 Å². The molecule has 1 aromatic rings. The Morgan fingerprint density at radius 2 is 2.12 bits per heavy atom. The molecule has 0 aromatic carbocycles. The first kappa shape index (κ1) is 11.1. The lowest BCUT2D eigenvalue weighted by Gasteiger charge is -2.43. The topological polar surface area (TPSA) is 16.1 Å². The van der Waals surface area contributed by atoms with Crippen molar-refractivity contribution in [3.05, 3.63) is 24.4 Å². The highest BCUT2D eigenvalue weighted by Crippen LogP contribution is 2.54. The first-order valence-corrected chi connectivity index (χ1v) is 6.88. The van der Waals surface area contributed by atoms with Crippen LogP contribution < -0.4 is 4.90 Å². The second-order valence-corrected chi connectivity index (χ2v) is 6.17. The van der Waals surface area contributed by atoms with Gasteiger partial charge in [-0.15, -0.1) is 0 Å². The van der Waals surface area contributed by atoms with E-state index in [1.807, 2.05) is 12.3 Å². The van der Waals surface area contributed by atoms with Gasteiger partial charge < -0.3 is 4.90 Å². The van der Waals surface area contributed by atoms with Gasteiger partial charge in [0.15, 0.2) is 0 Å². The van der Waals surface area contributed by atoms with Crippen LogP contribution in [0.1, 0.15) is 39.5 Å². The number of piperidine rings is 1. The fourth-order valence-electron chi connectivity index (χ4n) is 3.22. The van der Waals surface area contributed by atoms with Crippen molar-refractivity contribution in [3.63, 3.8) is 0 Å². The number of pyridine rings is 1. The molecule has 17 heavy (non-hydrogen) atoms. The minimum atomic E-state index is 0.656. The molecule has 1 aliphatic carbocycles. The van der Waals surface area contributed by atoms with E-state index in [9.17, 15) is 0 Å². The zero-order chi connectivity index (χ0) is 11.9. The van der Waals surface area contributed by atoms with Gasteiger partial charge in [-0.3, -0.25) is 0 Å². The van der Waals surface area contributed by atoms with Crippen molar-refractivity contribution in [2.45, 2.75) is 45.6 Å². The van der Waals surface area contributed by atoms with Gasteiger partial charge in [-0.05, 0) is 49.1 Å². The number of anilines is 1. The number of hydrogen-bond acceptors (Lipinski definition) is 2. The smallest absolute Gasteiger partial charge is 0.128 e. The van der Waals surface area contributed by atoms with E-state index < -0.39 is 0 Å². The van der Waals surface area contributed by atoms with Crippen LogP contribution in [0.3, 0.4) is 0 Å². The van der Waals surface area contributed by atoms with Gasteiger partial charge in [0, 0.05) is 18.8 Å². The maximum atomic E-state index is 4.55. The van der Waals surface area contributed by atoms with Gasteiger partial charge >= 0.3 is 0 Å². The monoisotopic (exact) mass is 230 g/mol. The molecule has 1 unspecified atom stereocenters. The van der Waals surface area contributed by atoms with E-state index >= 15 is 0 Å². The largest absolute Gasteiger partial charge is 0.353 e. The molecule has 1 saturated heterocycles. The molecule has 3 rings (SSSR count). The first-order chi connectivity index (χ1) is 8.20.